The number of halogens is 1. The summed E-state index contributed by atoms with van der Waals surface area (Å²) in [5, 5.41) is 10.5. The highest BCUT2D eigenvalue weighted by Gasteiger charge is 2.15. The molecule has 0 saturated heterocycles. The first-order chi connectivity index (χ1) is 6.88. The minimum atomic E-state index is -0.463. The van der Waals surface area contributed by atoms with Crippen molar-refractivity contribution in [3.8, 4) is 0 Å². The molecule has 0 radical (unpaired) electrons. The second-order valence-corrected chi connectivity index (χ2v) is 5.49. The zero-order valence-corrected chi connectivity index (χ0v) is 10.3. The molecule has 3 heteroatoms. The maximum atomic E-state index is 9.91. The number of nitrogens with zero attached hydrogens (tertiary/aromatic N) is 1. The van der Waals surface area contributed by atoms with Gasteiger partial charge in [0, 0.05) is 18.0 Å². The van der Waals surface area contributed by atoms with Gasteiger partial charge in [-0.1, -0.05) is 32.4 Å². The Morgan fingerprint density at radius 3 is 2.60 bits per heavy atom. The summed E-state index contributed by atoms with van der Waals surface area (Å²) in [7, 11) is 0. The number of aromatic nitrogens is 1. The summed E-state index contributed by atoms with van der Waals surface area (Å²) >= 11 is 5.81. The van der Waals surface area contributed by atoms with Gasteiger partial charge in [-0.2, -0.15) is 0 Å². The first-order valence-corrected chi connectivity index (χ1v) is 5.55. The van der Waals surface area contributed by atoms with Gasteiger partial charge in [0.25, 0.3) is 0 Å². The Bertz CT molecular complexity index is 320. The van der Waals surface area contributed by atoms with Crippen LogP contribution in [0.25, 0.3) is 0 Å². The van der Waals surface area contributed by atoms with Gasteiger partial charge in [0.05, 0.1) is 11.1 Å². The van der Waals surface area contributed by atoms with Crippen molar-refractivity contribution in [3.63, 3.8) is 0 Å². The standard InChI is InChI=1S/C12H18ClNO/c1-12(2,3)5-4-11(15)9-6-10(13)8-14-7-9/h6-8,11,15H,4-5H2,1-3H3/t11-/m0/s1. The van der Waals surface area contributed by atoms with Crippen LogP contribution in [-0.2, 0) is 0 Å². The molecule has 1 heterocycles. The summed E-state index contributed by atoms with van der Waals surface area (Å²) in [4.78, 5) is 3.96. The fourth-order valence-electron chi connectivity index (χ4n) is 1.35. The molecule has 0 aliphatic rings. The lowest BCUT2D eigenvalue weighted by molar-refractivity contribution is 0.147. The van der Waals surface area contributed by atoms with E-state index >= 15 is 0 Å². The molecular weight excluding hydrogens is 210 g/mol. The molecule has 1 N–H and O–H groups in total. The summed E-state index contributed by atoms with van der Waals surface area (Å²) in [5.74, 6) is 0. The molecule has 0 aliphatic carbocycles. The minimum absolute atomic E-state index is 0.243. The van der Waals surface area contributed by atoms with E-state index in [9.17, 15) is 5.11 Å². The first kappa shape index (κ1) is 12.5. The molecule has 2 nitrogen and oxygen atoms in total. The average Bonchev–Trinajstić information content (AvgIpc) is 2.13. The number of rotatable bonds is 3. The first-order valence-electron chi connectivity index (χ1n) is 5.17. The molecule has 0 saturated carbocycles. The Balaban J connectivity index is 2.58. The monoisotopic (exact) mass is 227 g/mol. The maximum Gasteiger partial charge on any atom is 0.0805 e. The van der Waals surface area contributed by atoms with Crippen molar-refractivity contribution in [2.45, 2.75) is 39.7 Å². The van der Waals surface area contributed by atoms with Gasteiger partial charge in [-0.15, -0.1) is 0 Å². The summed E-state index contributed by atoms with van der Waals surface area (Å²) in [6.45, 7) is 6.49. The van der Waals surface area contributed by atoms with Crippen LogP contribution in [0.2, 0.25) is 5.02 Å². The Labute approximate surface area is 96.3 Å². The second-order valence-electron chi connectivity index (χ2n) is 5.05. The van der Waals surface area contributed by atoms with E-state index in [0.717, 1.165) is 18.4 Å². The van der Waals surface area contributed by atoms with Crippen LogP contribution < -0.4 is 0 Å². The zero-order chi connectivity index (χ0) is 11.5. The van der Waals surface area contributed by atoms with E-state index in [2.05, 4.69) is 25.8 Å². The highest BCUT2D eigenvalue weighted by atomic mass is 35.5. The van der Waals surface area contributed by atoms with Crippen molar-refractivity contribution < 1.29 is 5.11 Å². The van der Waals surface area contributed by atoms with E-state index in [1.165, 1.54) is 0 Å². The van der Waals surface area contributed by atoms with Gasteiger partial charge in [0.2, 0.25) is 0 Å². The van der Waals surface area contributed by atoms with Gasteiger partial charge in [-0.3, -0.25) is 4.98 Å². The van der Waals surface area contributed by atoms with E-state index in [1.54, 1.807) is 18.5 Å². The van der Waals surface area contributed by atoms with Crippen molar-refractivity contribution in [2.75, 3.05) is 0 Å². The van der Waals surface area contributed by atoms with E-state index in [1.807, 2.05) is 0 Å². The molecule has 1 rings (SSSR count). The number of aliphatic hydroxyl groups is 1. The highest BCUT2D eigenvalue weighted by molar-refractivity contribution is 6.30. The van der Waals surface area contributed by atoms with Gasteiger partial charge in [0.15, 0.2) is 0 Å². The fourth-order valence-corrected chi connectivity index (χ4v) is 1.53. The average molecular weight is 228 g/mol. The van der Waals surface area contributed by atoms with Crippen LogP contribution >= 0.6 is 11.6 Å². The Morgan fingerprint density at radius 2 is 2.07 bits per heavy atom. The lowest BCUT2D eigenvalue weighted by atomic mass is 9.88. The van der Waals surface area contributed by atoms with E-state index in [4.69, 9.17) is 11.6 Å². The van der Waals surface area contributed by atoms with Crippen LogP contribution in [-0.4, -0.2) is 10.1 Å². The molecule has 84 valence electrons. The molecular formula is C12H18ClNO. The van der Waals surface area contributed by atoms with E-state index in [0.29, 0.717) is 5.02 Å². The molecule has 0 aliphatic heterocycles. The predicted octanol–water partition coefficient (Wildman–Crippen LogP) is 3.59. The van der Waals surface area contributed by atoms with Crippen molar-refractivity contribution >= 4 is 11.6 Å². The van der Waals surface area contributed by atoms with Crippen molar-refractivity contribution in [2.24, 2.45) is 5.41 Å². The third-order valence-electron chi connectivity index (χ3n) is 2.28. The van der Waals surface area contributed by atoms with Crippen LogP contribution in [0.1, 0.15) is 45.3 Å². The number of hydrogen-bond acceptors (Lipinski definition) is 2. The Morgan fingerprint density at radius 1 is 1.40 bits per heavy atom. The fraction of sp³-hybridized carbons (Fsp3) is 0.583. The lowest BCUT2D eigenvalue weighted by Gasteiger charge is -2.20. The summed E-state index contributed by atoms with van der Waals surface area (Å²) in [5.41, 5.74) is 1.04. The molecule has 0 bridgehead atoms. The lowest BCUT2D eigenvalue weighted by Crippen LogP contribution is -2.08. The third kappa shape index (κ3) is 4.63. The van der Waals surface area contributed by atoms with Crippen LogP contribution in [0.4, 0.5) is 0 Å². The summed E-state index contributed by atoms with van der Waals surface area (Å²) < 4.78 is 0. The van der Waals surface area contributed by atoms with Gasteiger partial charge < -0.3 is 5.11 Å². The van der Waals surface area contributed by atoms with E-state index < -0.39 is 6.10 Å². The third-order valence-corrected chi connectivity index (χ3v) is 2.49. The molecule has 0 fully saturated rings. The SMILES string of the molecule is CC(C)(C)CC[C@H](O)c1cncc(Cl)c1. The maximum absolute atomic E-state index is 9.91. The van der Waals surface area contributed by atoms with Gasteiger partial charge in [0.1, 0.15) is 0 Å². The molecule has 1 aromatic rings. The Hall–Kier alpha value is -0.600. The van der Waals surface area contributed by atoms with Crippen LogP contribution in [0.3, 0.4) is 0 Å². The van der Waals surface area contributed by atoms with Gasteiger partial charge in [-0.25, -0.2) is 0 Å². The number of hydrogen-bond donors (Lipinski definition) is 1. The van der Waals surface area contributed by atoms with Crippen molar-refractivity contribution in [1.29, 1.82) is 0 Å². The summed E-state index contributed by atoms with van der Waals surface area (Å²) in [6, 6.07) is 1.77. The van der Waals surface area contributed by atoms with Gasteiger partial charge in [-0.05, 0) is 24.3 Å². The van der Waals surface area contributed by atoms with Crippen LogP contribution in [0, 0.1) is 5.41 Å². The van der Waals surface area contributed by atoms with Gasteiger partial charge >= 0.3 is 0 Å². The molecule has 1 atom stereocenters. The molecule has 0 amide bonds. The quantitative estimate of drug-likeness (QED) is 0.856. The van der Waals surface area contributed by atoms with E-state index in [-0.39, 0.29) is 5.41 Å². The summed E-state index contributed by atoms with van der Waals surface area (Å²) in [6.07, 6.45) is 4.49. The molecule has 0 spiro atoms. The highest BCUT2D eigenvalue weighted by Crippen LogP contribution is 2.27. The molecule has 1 aromatic heterocycles. The minimum Gasteiger partial charge on any atom is -0.388 e. The van der Waals surface area contributed by atoms with Crippen LogP contribution in [0.5, 0.6) is 0 Å². The smallest absolute Gasteiger partial charge is 0.0805 e. The second kappa shape index (κ2) is 4.95. The number of pyridine rings is 1. The predicted molar refractivity (Wildman–Crippen MR) is 62.9 cm³/mol. The molecule has 0 aromatic carbocycles. The largest absolute Gasteiger partial charge is 0.388 e. The number of aliphatic hydroxyl groups excluding tert-OH is 1. The normalized spacial score (nSPS) is 13.9. The van der Waals surface area contributed by atoms with Crippen molar-refractivity contribution in [3.05, 3.63) is 29.0 Å². The molecule has 15 heavy (non-hydrogen) atoms. The van der Waals surface area contributed by atoms with Crippen molar-refractivity contribution in [1.82, 2.24) is 4.98 Å². The molecule has 0 unspecified atom stereocenters. The zero-order valence-electron chi connectivity index (χ0n) is 9.50. The van der Waals surface area contributed by atoms with Crippen LogP contribution in [0.15, 0.2) is 18.5 Å². The Kier molecular flexibility index (Phi) is 4.12. The topological polar surface area (TPSA) is 33.1 Å².